The predicted molar refractivity (Wildman–Crippen MR) is 85.4 cm³/mol. The highest BCUT2D eigenvalue weighted by Gasteiger charge is 2.30. The van der Waals surface area contributed by atoms with Gasteiger partial charge in [0.05, 0.1) is 12.2 Å². The Kier molecular flexibility index (Phi) is 4.85. The maximum atomic E-state index is 6.33. The molecule has 2 atom stereocenters. The minimum absolute atomic E-state index is 0.156. The van der Waals surface area contributed by atoms with E-state index in [4.69, 9.17) is 4.74 Å². The zero-order chi connectivity index (χ0) is 15.4. The molecule has 5 nitrogen and oxygen atoms in total. The molecule has 0 unspecified atom stereocenters. The number of ether oxygens (including phenoxy) is 1. The lowest BCUT2D eigenvalue weighted by atomic mass is 10.0. The first kappa shape index (κ1) is 15.2. The summed E-state index contributed by atoms with van der Waals surface area (Å²) < 4.78 is 8.35. The molecule has 118 valence electrons. The maximum Gasteiger partial charge on any atom is 0.119 e. The van der Waals surface area contributed by atoms with E-state index in [1.807, 2.05) is 4.57 Å². The molecule has 1 aromatic heterocycles. The van der Waals surface area contributed by atoms with E-state index in [1.165, 1.54) is 5.56 Å². The number of aromatic nitrogens is 3. The van der Waals surface area contributed by atoms with Gasteiger partial charge in [0, 0.05) is 26.2 Å². The molecule has 3 rings (SSSR count). The zero-order valence-electron chi connectivity index (χ0n) is 13.3. The number of rotatable bonds is 5. The Hall–Kier alpha value is -1.72. The van der Waals surface area contributed by atoms with Gasteiger partial charge in [0.2, 0.25) is 0 Å². The Morgan fingerprint density at radius 1 is 1.09 bits per heavy atom. The molecular formula is C17H24N4O. The molecule has 0 aliphatic carbocycles. The molecule has 2 heterocycles. The Morgan fingerprint density at radius 2 is 1.82 bits per heavy atom. The second kappa shape index (κ2) is 7.03. The highest BCUT2D eigenvalue weighted by Crippen LogP contribution is 2.27. The largest absolute Gasteiger partial charge is 0.367 e. The van der Waals surface area contributed by atoms with Gasteiger partial charge < -0.3 is 9.30 Å². The van der Waals surface area contributed by atoms with Crippen LogP contribution in [-0.4, -0.2) is 45.4 Å². The van der Waals surface area contributed by atoms with Crippen LogP contribution in [0.4, 0.5) is 0 Å². The highest BCUT2D eigenvalue weighted by atomic mass is 16.5. The number of hydrogen-bond donors (Lipinski definition) is 0. The molecule has 22 heavy (non-hydrogen) atoms. The van der Waals surface area contributed by atoms with Crippen LogP contribution < -0.4 is 0 Å². The van der Waals surface area contributed by atoms with Crippen LogP contribution in [0, 0.1) is 5.92 Å². The van der Waals surface area contributed by atoms with Gasteiger partial charge >= 0.3 is 0 Å². The van der Waals surface area contributed by atoms with E-state index >= 15 is 0 Å². The average Bonchev–Trinajstić information content (AvgIpc) is 3.07. The van der Waals surface area contributed by atoms with Crippen LogP contribution in [0.2, 0.25) is 0 Å². The van der Waals surface area contributed by atoms with E-state index in [1.54, 1.807) is 12.7 Å². The summed E-state index contributed by atoms with van der Waals surface area (Å²) >= 11 is 0. The molecule has 5 heteroatoms. The van der Waals surface area contributed by atoms with E-state index in [9.17, 15) is 0 Å². The standard InChI is InChI=1S/C17H24N4O/c1-14(2)16-10-20(8-9-21-12-18-19-13-21)11-17(22-16)15-6-4-3-5-7-15/h3-7,12-14,16-17H,8-11H2,1-2H3/t16-,17+/m1/s1. The Bertz CT molecular complexity index is 555. The molecule has 1 aromatic carbocycles. The zero-order valence-corrected chi connectivity index (χ0v) is 13.3. The van der Waals surface area contributed by atoms with Crippen molar-refractivity contribution in [3.05, 3.63) is 48.5 Å². The molecular weight excluding hydrogens is 276 g/mol. The van der Waals surface area contributed by atoms with E-state index in [-0.39, 0.29) is 12.2 Å². The third kappa shape index (κ3) is 3.72. The van der Waals surface area contributed by atoms with Crippen molar-refractivity contribution in [2.24, 2.45) is 5.92 Å². The molecule has 0 saturated carbocycles. The Morgan fingerprint density at radius 3 is 2.50 bits per heavy atom. The van der Waals surface area contributed by atoms with Gasteiger partial charge in [0.1, 0.15) is 12.7 Å². The quantitative estimate of drug-likeness (QED) is 0.850. The van der Waals surface area contributed by atoms with Crippen molar-refractivity contribution in [2.45, 2.75) is 32.6 Å². The van der Waals surface area contributed by atoms with E-state index in [0.717, 1.165) is 26.2 Å². The number of hydrogen-bond acceptors (Lipinski definition) is 4. The molecule has 0 radical (unpaired) electrons. The summed E-state index contributed by atoms with van der Waals surface area (Å²) in [4.78, 5) is 2.49. The van der Waals surface area contributed by atoms with E-state index in [0.29, 0.717) is 5.92 Å². The Labute approximate surface area is 131 Å². The number of morpholine rings is 1. The van der Waals surface area contributed by atoms with Crippen LogP contribution in [0.5, 0.6) is 0 Å². The number of nitrogens with zero attached hydrogens (tertiary/aromatic N) is 4. The fourth-order valence-corrected chi connectivity index (χ4v) is 2.86. The first-order valence-electron chi connectivity index (χ1n) is 7.97. The third-order valence-corrected chi connectivity index (χ3v) is 4.26. The minimum atomic E-state index is 0.156. The lowest BCUT2D eigenvalue weighted by molar-refractivity contribution is -0.106. The summed E-state index contributed by atoms with van der Waals surface area (Å²) in [5.41, 5.74) is 1.27. The van der Waals surface area contributed by atoms with Crippen LogP contribution in [0.15, 0.2) is 43.0 Å². The van der Waals surface area contributed by atoms with Gasteiger partial charge in [0.15, 0.2) is 0 Å². The first-order chi connectivity index (χ1) is 10.7. The first-order valence-corrected chi connectivity index (χ1v) is 7.97. The number of benzene rings is 1. The molecule has 0 spiro atoms. The van der Waals surface area contributed by atoms with Gasteiger partial charge in [-0.1, -0.05) is 44.2 Å². The minimum Gasteiger partial charge on any atom is -0.367 e. The van der Waals surface area contributed by atoms with Gasteiger partial charge in [-0.25, -0.2) is 0 Å². The molecule has 1 aliphatic rings. The smallest absolute Gasteiger partial charge is 0.119 e. The molecule has 0 amide bonds. The fraction of sp³-hybridized carbons (Fsp3) is 0.529. The molecule has 0 bridgehead atoms. The lowest BCUT2D eigenvalue weighted by Crippen LogP contribution is -2.47. The van der Waals surface area contributed by atoms with Crippen molar-refractivity contribution in [2.75, 3.05) is 19.6 Å². The van der Waals surface area contributed by atoms with Crippen molar-refractivity contribution < 1.29 is 4.74 Å². The normalized spacial score (nSPS) is 23.0. The monoisotopic (exact) mass is 300 g/mol. The SMILES string of the molecule is CC(C)[C@H]1CN(CCn2cnnc2)C[C@@H](c2ccccc2)O1. The lowest BCUT2D eigenvalue weighted by Gasteiger charge is -2.40. The van der Waals surface area contributed by atoms with Crippen LogP contribution in [0.1, 0.15) is 25.5 Å². The Balaban J connectivity index is 1.67. The van der Waals surface area contributed by atoms with Gasteiger partial charge in [0.25, 0.3) is 0 Å². The van der Waals surface area contributed by atoms with Crippen LogP contribution in [0.25, 0.3) is 0 Å². The van der Waals surface area contributed by atoms with E-state index < -0.39 is 0 Å². The average molecular weight is 300 g/mol. The van der Waals surface area contributed by atoms with Gasteiger partial charge in [-0.2, -0.15) is 0 Å². The van der Waals surface area contributed by atoms with Crippen molar-refractivity contribution in [1.29, 1.82) is 0 Å². The maximum absolute atomic E-state index is 6.33. The summed E-state index contributed by atoms with van der Waals surface area (Å²) in [6, 6.07) is 10.5. The predicted octanol–water partition coefficient (Wildman–Crippen LogP) is 2.38. The highest BCUT2D eigenvalue weighted by molar-refractivity contribution is 5.18. The molecule has 1 aliphatic heterocycles. The van der Waals surface area contributed by atoms with Crippen molar-refractivity contribution in [1.82, 2.24) is 19.7 Å². The topological polar surface area (TPSA) is 43.2 Å². The van der Waals surface area contributed by atoms with Gasteiger partial charge in [-0.15, -0.1) is 10.2 Å². The summed E-state index contributed by atoms with van der Waals surface area (Å²) in [6.07, 6.45) is 3.98. The van der Waals surface area contributed by atoms with Crippen LogP contribution >= 0.6 is 0 Å². The third-order valence-electron chi connectivity index (χ3n) is 4.26. The van der Waals surface area contributed by atoms with Crippen LogP contribution in [0.3, 0.4) is 0 Å². The molecule has 2 aromatic rings. The summed E-state index contributed by atoms with van der Waals surface area (Å²) in [6.45, 7) is 8.30. The fourth-order valence-electron chi connectivity index (χ4n) is 2.86. The van der Waals surface area contributed by atoms with Gasteiger partial charge in [-0.05, 0) is 11.5 Å². The second-order valence-corrected chi connectivity index (χ2v) is 6.28. The summed E-state index contributed by atoms with van der Waals surface area (Å²) in [5.74, 6) is 0.518. The summed E-state index contributed by atoms with van der Waals surface area (Å²) in [5, 5.41) is 7.72. The summed E-state index contributed by atoms with van der Waals surface area (Å²) in [7, 11) is 0. The molecule has 0 N–H and O–H groups in total. The van der Waals surface area contributed by atoms with Gasteiger partial charge in [-0.3, -0.25) is 4.90 Å². The van der Waals surface area contributed by atoms with Crippen molar-refractivity contribution in [3.8, 4) is 0 Å². The van der Waals surface area contributed by atoms with Crippen LogP contribution in [-0.2, 0) is 11.3 Å². The van der Waals surface area contributed by atoms with Crippen molar-refractivity contribution >= 4 is 0 Å². The molecule has 1 saturated heterocycles. The molecule has 1 fully saturated rings. The van der Waals surface area contributed by atoms with Crippen molar-refractivity contribution in [3.63, 3.8) is 0 Å². The van der Waals surface area contributed by atoms with E-state index in [2.05, 4.69) is 59.3 Å². The second-order valence-electron chi connectivity index (χ2n) is 6.28.